The van der Waals surface area contributed by atoms with E-state index in [4.69, 9.17) is 0 Å². The monoisotopic (exact) mass is 268 g/mol. The lowest BCUT2D eigenvalue weighted by atomic mass is 10.1. The van der Waals surface area contributed by atoms with Crippen LogP contribution in [0.5, 0.6) is 0 Å². The maximum Gasteiger partial charge on any atom is 0.326 e. The molecule has 0 aromatic heterocycles. The van der Waals surface area contributed by atoms with Crippen LogP contribution >= 0.6 is 0 Å². The van der Waals surface area contributed by atoms with E-state index in [1.54, 1.807) is 4.90 Å². The van der Waals surface area contributed by atoms with E-state index >= 15 is 0 Å². The van der Waals surface area contributed by atoms with Crippen LogP contribution in [0.2, 0.25) is 0 Å². The largest absolute Gasteiger partial charge is 0.480 e. The second kappa shape index (κ2) is 6.26. The molecule has 2 saturated heterocycles. The number of nitrogens with zero attached hydrogens (tertiary/aromatic N) is 2. The number of hydrogen-bond donors (Lipinski definition) is 1. The number of urea groups is 1. The highest BCUT2D eigenvalue weighted by Gasteiger charge is 2.35. The molecule has 2 aliphatic heterocycles. The van der Waals surface area contributed by atoms with Crippen LogP contribution in [-0.2, 0) is 4.79 Å². The second-order valence-corrected chi connectivity index (χ2v) is 5.69. The fourth-order valence-electron chi connectivity index (χ4n) is 3.12. The van der Waals surface area contributed by atoms with Gasteiger partial charge in [-0.3, -0.25) is 0 Å². The molecule has 5 heteroatoms. The van der Waals surface area contributed by atoms with Crippen molar-refractivity contribution >= 4 is 12.0 Å². The molecular weight excluding hydrogens is 244 g/mol. The van der Waals surface area contributed by atoms with Crippen LogP contribution in [0.4, 0.5) is 4.79 Å². The number of amides is 2. The zero-order chi connectivity index (χ0) is 13.8. The Morgan fingerprint density at radius 2 is 1.95 bits per heavy atom. The topological polar surface area (TPSA) is 60.9 Å². The smallest absolute Gasteiger partial charge is 0.326 e. The summed E-state index contributed by atoms with van der Waals surface area (Å²) in [6.07, 6.45) is 5.57. The number of carboxylic acid groups (broad SMARTS) is 1. The molecule has 0 aliphatic carbocycles. The number of likely N-dealkylation sites (tertiary alicyclic amines) is 2. The standard InChI is InChI=1S/C14H24N2O3/c1-2-11-7-9-15(10-11)14(19)16-8-5-3-4-6-12(16)13(17)18/h11-12H,2-10H2,1H3,(H,17,18). The minimum Gasteiger partial charge on any atom is -0.480 e. The molecule has 2 amide bonds. The van der Waals surface area contributed by atoms with Crippen molar-refractivity contribution in [2.24, 2.45) is 5.92 Å². The Morgan fingerprint density at radius 1 is 1.16 bits per heavy atom. The maximum absolute atomic E-state index is 12.5. The molecule has 2 rings (SSSR count). The minimum atomic E-state index is -0.860. The van der Waals surface area contributed by atoms with Gasteiger partial charge in [0, 0.05) is 19.6 Å². The van der Waals surface area contributed by atoms with Crippen LogP contribution in [0.1, 0.15) is 45.4 Å². The molecule has 19 heavy (non-hydrogen) atoms. The molecule has 5 nitrogen and oxygen atoms in total. The van der Waals surface area contributed by atoms with E-state index < -0.39 is 12.0 Å². The highest BCUT2D eigenvalue weighted by atomic mass is 16.4. The molecule has 0 aromatic rings. The molecule has 2 aliphatic rings. The van der Waals surface area contributed by atoms with Crippen molar-refractivity contribution in [3.05, 3.63) is 0 Å². The van der Waals surface area contributed by atoms with Crippen LogP contribution < -0.4 is 0 Å². The van der Waals surface area contributed by atoms with Crippen molar-refractivity contribution in [3.8, 4) is 0 Å². The van der Waals surface area contributed by atoms with Crippen LogP contribution in [-0.4, -0.2) is 52.6 Å². The fraction of sp³-hybridized carbons (Fsp3) is 0.857. The average molecular weight is 268 g/mol. The van der Waals surface area contributed by atoms with E-state index in [9.17, 15) is 14.7 Å². The van der Waals surface area contributed by atoms with Gasteiger partial charge in [-0.25, -0.2) is 9.59 Å². The van der Waals surface area contributed by atoms with Crippen molar-refractivity contribution in [1.82, 2.24) is 9.80 Å². The third-order valence-electron chi connectivity index (χ3n) is 4.42. The summed E-state index contributed by atoms with van der Waals surface area (Å²) in [6.45, 7) is 4.30. The molecule has 2 atom stereocenters. The maximum atomic E-state index is 12.5. The molecule has 0 saturated carbocycles. The zero-order valence-corrected chi connectivity index (χ0v) is 11.7. The zero-order valence-electron chi connectivity index (χ0n) is 11.7. The van der Waals surface area contributed by atoms with Crippen molar-refractivity contribution in [2.75, 3.05) is 19.6 Å². The molecule has 2 unspecified atom stereocenters. The molecule has 2 fully saturated rings. The van der Waals surface area contributed by atoms with E-state index in [1.165, 1.54) is 0 Å². The van der Waals surface area contributed by atoms with Gasteiger partial charge < -0.3 is 14.9 Å². The summed E-state index contributed by atoms with van der Waals surface area (Å²) < 4.78 is 0. The van der Waals surface area contributed by atoms with Gasteiger partial charge in [0.05, 0.1) is 0 Å². The first-order chi connectivity index (χ1) is 9.13. The predicted molar refractivity (Wildman–Crippen MR) is 72.0 cm³/mol. The molecule has 0 radical (unpaired) electrons. The third kappa shape index (κ3) is 3.19. The quantitative estimate of drug-likeness (QED) is 0.835. The van der Waals surface area contributed by atoms with Crippen LogP contribution in [0.25, 0.3) is 0 Å². The average Bonchev–Trinajstić information content (AvgIpc) is 2.74. The number of carbonyl (C=O) groups excluding carboxylic acids is 1. The number of aliphatic carboxylic acids is 1. The summed E-state index contributed by atoms with van der Waals surface area (Å²) in [5.74, 6) is -0.277. The lowest BCUT2D eigenvalue weighted by Gasteiger charge is -2.31. The van der Waals surface area contributed by atoms with Gasteiger partial charge in [-0.1, -0.05) is 26.2 Å². The van der Waals surface area contributed by atoms with Crippen molar-refractivity contribution in [1.29, 1.82) is 0 Å². The van der Waals surface area contributed by atoms with Gasteiger partial charge in [0.1, 0.15) is 6.04 Å². The van der Waals surface area contributed by atoms with Crippen LogP contribution in [0.3, 0.4) is 0 Å². The second-order valence-electron chi connectivity index (χ2n) is 5.69. The summed E-state index contributed by atoms with van der Waals surface area (Å²) in [4.78, 5) is 27.3. The van der Waals surface area contributed by atoms with Gasteiger partial charge in [0.25, 0.3) is 0 Å². The number of carbonyl (C=O) groups is 2. The minimum absolute atomic E-state index is 0.0646. The summed E-state index contributed by atoms with van der Waals surface area (Å²) in [5, 5.41) is 9.31. The SMILES string of the molecule is CCC1CCN(C(=O)N2CCCCCC2C(=O)O)C1. The lowest BCUT2D eigenvalue weighted by Crippen LogP contribution is -2.50. The predicted octanol–water partition coefficient (Wildman–Crippen LogP) is 2.17. The first kappa shape index (κ1) is 14.2. The van der Waals surface area contributed by atoms with Crippen molar-refractivity contribution in [3.63, 3.8) is 0 Å². The Bertz CT molecular complexity index is 346. The number of carboxylic acids is 1. The molecule has 0 bridgehead atoms. The molecule has 1 N–H and O–H groups in total. The Morgan fingerprint density at radius 3 is 2.58 bits per heavy atom. The van der Waals surface area contributed by atoms with Crippen LogP contribution in [0, 0.1) is 5.92 Å². The van der Waals surface area contributed by atoms with Gasteiger partial charge in [0.15, 0.2) is 0 Å². The van der Waals surface area contributed by atoms with Crippen molar-refractivity contribution in [2.45, 2.75) is 51.5 Å². The van der Waals surface area contributed by atoms with Gasteiger partial charge in [0.2, 0.25) is 0 Å². The summed E-state index contributed by atoms with van der Waals surface area (Å²) >= 11 is 0. The Hall–Kier alpha value is -1.26. The first-order valence-corrected chi connectivity index (χ1v) is 7.41. The van der Waals surface area contributed by atoms with Crippen LogP contribution in [0.15, 0.2) is 0 Å². The molecule has 0 spiro atoms. The van der Waals surface area contributed by atoms with Gasteiger partial charge in [-0.05, 0) is 25.2 Å². The lowest BCUT2D eigenvalue weighted by molar-refractivity contribution is -0.142. The molecule has 0 aromatic carbocycles. The molecule has 2 heterocycles. The molecule has 108 valence electrons. The van der Waals surface area contributed by atoms with E-state index in [0.717, 1.165) is 45.2 Å². The Kier molecular flexibility index (Phi) is 4.66. The first-order valence-electron chi connectivity index (χ1n) is 7.41. The highest BCUT2D eigenvalue weighted by molar-refractivity contribution is 5.83. The van der Waals surface area contributed by atoms with Gasteiger partial charge in [-0.15, -0.1) is 0 Å². The fourth-order valence-corrected chi connectivity index (χ4v) is 3.12. The Balaban J connectivity index is 2.04. The Labute approximate surface area is 114 Å². The van der Waals surface area contributed by atoms with E-state index in [-0.39, 0.29) is 6.03 Å². The van der Waals surface area contributed by atoms with E-state index in [0.29, 0.717) is 18.9 Å². The van der Waals surface area contributed by atoms with Crippen molar-refractivity contribution < 1.29 is 14.7 Å². The van der Waals surface area contributed by atoms with E-state index in [2.05, 4.69) is 6.92 Å². The van der Waals surface area contributed by atoms with E-state index in [1.807, 2.05) is 4.90 Å². The van der Waals surface area contributed by atoms with Gasteiger partial charge >= 0.3 is 12.0 Å². The molecular formula is C14H24N2O3. The summed E-state index contributed by atoms with van der Waals surface area (Å²) in [5.41, 5.74) is 0. The number of hydrogen-bond acceptors (Lipinski definition) is 2. The third-order valence-corrected chi connectivity index (χ3v) is 4.42. The number of rotatable bonds is 2. The van der Waals surface area contributed by atoms with Gasteiger partial charge in [-0.2, -0.15) is 0 Å². The normalized spacial score (nSPS) is 28.3. The summed E-state index contributed by atoms with van der Waals surface area (Å²) in [7, 11) is 0. The highest BCUT2D eigenvalue weighted by Crippen LogP contribution is 2.24. The summed E-state index contributed by atoms with van der Waals surface area (Å²) in [6, 6.07) is -0.694.